The highest BCUT2D eigenvalue weighted by Crippen LogP contribution is 2.26. The van der Waals surface area contributed by atoms with Crippen molar-refractivity contribution >= 4 is 23.6 Å². The zero-order valence-electron chi connectivity index (χ0n) is 7.03. The number of nitrogens with one attached hydrogen (secondary N) is 2. The first-order chi connectivity index (χ1) is 6.31. The van der Waals surface area contributed by atoms with Gasteiger partial charge in [0.25, 0.3) is 0 Å². The number of nitrogens with zero attached hydrogens (tertiary/aromatic N) is 2. The summed E-state index contributed by atoms with van der Waals surface area (Å²) in [5.74, 6) is 0.294. The summed E-state index contributed by atoms with van der Waals surface area (Å²) in [6.07, 6.45) is 3.55. The normalized spacial score (nSPS) is 14.1. The standard InChI is InChI=1S/C7H9N5S/c1-9-4-2-11-13-5-3-10-7(8)12-6(4)5/h2-3,9,11H,1H3,(H2,8,10,12). The molecule has 0 amide bonds. The second-order valence-electron chi connectivity index (χ2n) is 2.47. The molecule has 1 aliphatic rings. The van der Waals surface area contributed by atoms with Crippen LogP contribution < -0.4 is 15.8 Å². The van der Waals surface area contributed by atoms with Crippen LogP contribution in [0.25, 0.3) is 5.70 Å². The van der Waals surface area contributed by atoms with Gasteiger partial charge in [0.1, 0.15) is 5.69 Å². The summed E-state index contributed by atoms with van der Waals surface area (Å²) in [4.78, 5) is 9.03. The van der Waals surface area contributed by atoms with Crippen molar-refractivity contribution in [1.29, 1.82) is 0 Å². The van der Waals surface area contributed by atoms with Gasteiger partial charge in [-0.25, -0.2) is 9.97 Å². The molecule has 0 unspecified atom stereocenters. The van der Waals surface area contributed by atoms with Crippen LogP contribution in [0.15, 0.2) is 17.3 Å². The van der Waals surface area contributed by atoms with Gasteiger partial charge in [0.05, 0.1) is 10.6 Å². The van der Waals surface area contributed by atoms with Crippen LogP contribution in [-0.4, -0.2) is 17.0 Å². The Morgan fingerprint density at radius 3 is 3.23 bits per heavy atom. The molecule has 6 heteroatoms. The van der Waals surface area contributed by atoms with Crippen molar-refractivity contribution in [3.8, 4) is 0 Å². The van der Waals surface area contributed by atoms with Gasteiger partial charge in [0, 0.05) is 19.4 Å². The van der Waals surface area contributed by atoms with Gasteiger partial charge in [-0.05, 0) is 11.9 Å². The Bertz CT molecular complexity index is 362. The van der Waals surface area contributed by atoms with Gasteiger partial charge in [-0.2, -0.15) is 0 Å². The molecule has 0 radical (unpaired) electrons. The SMILES string of the molecule is CNC1=CNSc2cnc(N)nc21. The summed E-state index contributed by atoms with van der Waals surface area (Å²) in [5, 5.41) is 3.03. The lowest BCUT2D eigenvalue weighted by molar-refractivity contribution is 1.01. The Kier molecular flexibility index (Phi) is 1.97. The minimum Gasteiger partial charge on any atom is -0.385 e. The molecule has 0 aliphatic carbocycles. The van der Waals surface area contributed by atoms with Crippen molar-refractivity contribution in [2.75, 3.05) is 12.8 Å². The molecule has 0 bridgehead atoms. The van der Waals surface area contributed by atoms with Crippen LogP contribution in [0.5, 0.6) is 0 Å². The highest BCUT2D eigenvalue weighted by Gasteiger charge is 2.14. The highest BCUT2D eigenvalue weighted by atomic mass is 32.2. The number of rotatable bonds is 1. The first-order valence-corrected chi connectivity index (χ1v) is 4.56. The lowest BCUT2D eigenvalue weighted by Gasteiger charge is -2.15. The molecule has 0 fully saturated rings. The van der Waals surface area contributed by atoms with E-state index in [0.717, 1.165) is 16.3 Å². The molecular formula is C7H9N5S. The number of nitrogen functional groups attached to an aromatic ring is 1. The van der Waals surface area contributed by atoms with Crippen molar-refractivity contribution < 1.29 is 0 Å². The quantitative estimate of drug-likeness (QED) is 0.555. The lowest BCUT2D eigenvalue weighted by atomic mass is 10.3. The molecule has 0 aromatic carbocycles. The van der Waals surface area contributed by atoms with Crippen molar-refractivity contribution in [2.24, 2.45) is 0 Å². The molecule has 68 valence electrons. The maximum absolute atomic E-state index is 5.49. The minimum absolute atomic E-state index is 0.294. The highest BCUT2D eigenvalue weighted by molar-refractivity contribution is 7.97. The number of fused-ring (bicyclic) bond motifs is 1. The van der Waals surface area contributed by atoms with E-state index in [2.05, 4.69) is 20.0 Å². The third-order valence-electron chi connectivity index (χ3n) is 1.67. The second kappa shape index (κ2) is 3.14. The second-order valence-corrected chi connectivity index (χ2v) is 3.35. The van der Waals surface area contributed by atoms with Gasteiger partial charge < -0.3 is 15.8 Å². The average molecular weight is 195 g/mol. The maximum Gasteiger partial charge on any atom is 0.220 e. The molecule has 2 heterocycles. The molecule has 0 saturated heterocycles. The average Bonchev–Trinajstić information content (AvgIpc) is 2.17. The lowest BCUT2D eigenvalue weighted by Crippen LogP contribution is -2.15. The van der Waals surface area contributed by atoms with Crippen LogP contribution in [0.3, 0.4) is 0 Å². The Balaban J connectivity index is 2.51. The van der Waals surface area contributed by atoms with Crippen LogP contribution in [0.2, 0.25) is 0 Å². The predicted molar refractivity (Wildman–Crippen MR) is 52.5 cm³/mol. The van der Waals surface area contributed by atoms with E-state index < -0.39 is 0 Å². The Labute approximate surface area is 80.0 Å². The molecule has 1 aliphatic heterocycles. The first kappa shape index (κ1) is 8.18. The van der Waals surface area contributed by atoms with Crippen molar-refractivity contribution in [3.05, 3.63) is 18.1 Å². The van der Waals surface area contributed by atoms with E-state index in [4.69, 9.17) is 5.73 Å². The number of nitrogens with two attached hydrogens (primary N) is 1. The van der Waals surface area contributed by atoms with Crippen molar-refractivity contribution in [3.63, 3.8) is 0 Å². The molecule has 5 nitrogen and oxygen atoms in total. The monoisotopic (exact) mass is 195 g/mol. The number of anilines is 1. The van der Waals surface area contributed by atoms with Gasteiger partial charge in [-0.3, -0.25) is 0 Å². The van der Waals surface area contributed by atoms with E-state index >= 15 is 0 Å². The maximum atomic E-state index is 5.49. The zero-order valence-corrected chi connectivity index (χ0v) is 7.85. The molecule has 2 rings (SSSR count). The summed E-state index contributed by atoms with van der Waals surface area (Å²) < 4.78 is 3.03. The zero-order chi connectivity index (χ0) is 9.26. The van der Waals surface area contributed by atoms with Gasteiger partial charge >= 0.3 is 0 Å². The fourth-order valence-electron chi connectivity index (χ4n) is 1.06. The van der Waals surface area contributed by atoms with Crippen molar-refractivity contribution in [2.45, 2.75) is 4.90 Å². The summed E-state index contributed by atoms with van der Waals surface area (Å²) in [7, 11) is 1.84. The van der Waals surface area contributed by atoms with E-state index in [-0.39, 0.29) is 0 Å². The van der Waals surface area contributed by atoms with Gasteiger partial charge in [0.2, 0.25) is 5.95 Å². The summed E-state index contributed by atoms with van der Waals surface area (Å²) in [5.41, 5.74) is 7.26. The number of aromatic nitrogens is 2. The predicted octanol–water partition coefficient (Wildman–Crippen LogP) is 0.187. The third-order valence-corrected chi connectivity index (χ3v) is 2.42. The van der Waals surface area contributed by atoms with E-state index in [1.165, 1.54) is 11.9 Å². The largest absolute Gasteiger partial charge is 0.385 e. The molecule has 1 aromatic heterocycles. The third kappa shape index (κ3) is 1.40. The smallest absolute Gasteiger partial charge is 0.220 e. The molecule has 0 saturated carbocycles. The number of hydrogen-bond donors (Lipinski definition) is 3. The van der Waals surface area contributed by atoms with Gasteiger partial charge in [0.15, 0.2) is 0 Å². The molecule has 0 spiro atoms. The Hall–Kier alpha value is -1.43. The van der Waals surface area contributed by atoms with E-state index in [9.17, 15) is 0 Å². The van der Waals surface area contributed by atoms with Crippen LogP contribution in [0, 0.1) is 0 Å². The molecule has 1 aromatic rings. The minimum atomic E-state index is 0.294. The summed E-state index contributed by atoms with van der Waals surface area (Å²) in [6.45, 7) is 0. The fourth-order valence-corrected chi connectivity index (χ4v) is 1.72. The van der Waals surface area contributed by atoms with E-state index in [1.807, 2.05) is 13.2 Å². The van der Waals surface area contributed by atoms with Gasteiger partial charge in [-0.15, -0.1) is 0 Å². The van der Waals surface area contributed by atoms with E-state index in [1.54, 1.807) is 6.20 Å². The van der Waals surface area contributed by atoms with E-state index in [0.29, 0.717) is 5.95 Å². The summed E-state index contributed by atoms with van der Waals surface area (Å²) in [6, 6.07) is 0. The topological polar surface area (TPSA) is 75.9 Å². The summed E-state index contributed by atoms with van der Waals surface area (Å²) >= 11 is 1.47. The van der Waals surface area contributed by atoms with Crippen LogP contribution >= 0.6 is 11.9 Å². The molecule has 13 heavy (non-hydrogen) atoms. The fraction of sp³-hybridized carbons (Fsp3) is 0.143. The molecule has 0 atom stereocenters. The van der Waals surface area contributed by atoms with Crippen molar-refractivity contribution in [1.82, 2.24) is 20.0 Å². The van der Waals surface area contributed by atoms with Gasteiger partial charge in [-0.1, -0.05) is 0 Å². The molecular weight excluding hydrogens is 186 g/mol. The Morgan fingerprint density at radius 2 is 2.46 bits per heavy atom. The van der Waals surface area contributed by atoms with Crippen LogP contribution in [0.4, 0.5) is 5.95 Å². The van der Waals surface area contributed by atoms with Crippen LogP contribution in [0.1, 0.15) is 5.69 Å². The van der Waals surface area contributed by atoms with Crippen LogP contribution in [-0.2, 0) is 0 Å². The molecule has 4 N–H and O–H groups in total. The Morgan fingerprint density at radius 1 is 1.62 bits per heavy atom. The first-order valence-electron chi connectivity index (χ1n) is 3.74. The number of hydrogen-bond acceptors (Lipinski definition) is 6.